The number of nitro benzene ring substituents is 1. The van der Waals surface area contributed by atoms with Gasteiger partial charge in [0.25, 0.3) is 5.69 Å². The molecule has 1 fully saturated rings. The largest absolute Gasteiger partial charge is 0.477 e. The van der Waals surface area contributed by atoms with Crippen LogP contribution in [-0.2, 0) is 0 Å². The third kappa shape index (κ3) is 3.46. The molecule has 20 heavy (non-hydrogen) atoms. The first-order chi connectivity index (χ1) is 9.58. The normalized spacial score (nSPS) is 16.4. The fourth-order valence-corrected chi connectivity index (χ4v) is 2.62. The molecular formula is C14H18N2O4. The van der Waals surface area contributed by atoms with E-state index in [0.717, 1.165) is 25.7 Å². The summed E-state index contributed by atoms with van der Waals surface area (Å²) in [6.45, 7) is 0. The van der Waals surface area contributed by atoms with Gasteiger partial charge in [0.05, 0.1) is 4.92 Å². The summed E-state index contributed by atoms with van der Waals surface area (Å²) in [5, 5.41) is 23.1. The van der Waals surface area contributed by atoms with Crippen LogP contribution in [0.25, 0.3) is 0 Å². The number of carboxylic acids is 1. The standard InChI is InChI=1S/C14H18N2O4/c17-14(18)12-9-11(7-8-13(12)16(19)20)15-10-5-3-1-2-4-6-10/h7-10,15H,1-6H2,(H,17,18). The predicted molar refractivity (Wildman–Crippen MR) is 75.2 cm³/mol. The van der Waals surface area contributed by atoms with Gasteiger partial charge >= 0.3 is 5.97 Å². The average molecular weight is 278 g/mol. The molecule has 0 unspecified atom stereocenters. The van der Waals surface area contributed by atoms with Gasteiger partial charge in [-0.1, -0.05) is 25.7 Å². The Morgan fingerprint density at radius 1 is 1.25 bits per heavy atom. The molecule has 0 aromatic heterocycles. The van der Waals surface area contributed by atoms with Gasteiger partial charge in [-0.05, 0) is 25.0 Å². The van der Waals surface area contributed by atoms with E-state index in [-0.39, 0.29) is 11.3 Å². The molecule has 1 aliphatic rings. The highest BCUT2D eigenvalue weighted by molar-refractivity contribution is 5.93. The number of rotatable bonds is 4. The van der Waals surface area contributed by atoms with E-state index in [2.05, 4.69) is 5.32 Å². The molecule has 0 amide bonds. The van der Waals surface area contributed by atoms with Crippen molar-refractivity contribution in [3.05, 3.63) is 33.9 Å². The van der Waals surface area contributed by atoms with Gasteiger partial charge in [-0.2, -0.15) is 0 Å². The zero-order chi connectivity index (χ0) is 14.5. The molecule has 2 N–H and O–H groups in total. The SMILES string of the molecule is O=C(O)c1cc(NC2CCCCCC2)ccc1[N+](=O)[O-]. The van der Waals surface area contributed by atoms with Crippen LogP contribution in [0.1, 0.15) is 48.9 Å². The number of benzene rings is 1. The summed E-state index contributed by atoms with van der Waals surface area (Å²) in [5.74, 6) is -1.28. The highest BCUT2D eigenvalue weighted by Gasteiger charge is 2.21. The van der Waals surface area contributed by atoms with Crippen molar-refractivity contribution >= 4 is 17.3 Å². The maximum atomic E-state index is 11.1. The summed E-state index contributed by atoms with van der Waals surface area (Å²) in [4.78, 5) is 21.2. The van der Waals surface area contributed by atoms with Gasteiger partial charge in [0.2, 0.25) is 0 Å². The van der Waals surface area contributed by atoms with Gasteiger partial charge in [0.15, 0.2) is 0 Å². The highest BCUT2D eigenvalue weighted by Crippen LogP contribution is 2.25. The van der Waals surface area contributed by atoms with Crippen molar-refractivity contribution in [2.45, 2.75) is 44.6 Å². The number of nitrogens with one attached hydrogen (secondary N) is 1. The van der Waals surface area contributed by atoms with Gasteiger partial charge in [0.1, 0.15) is 5.56 Å². The molecule has 1 aliphatic carbocycles. The van der Waals surface area contributed by atoms with Crippen molar-refractivity contribution in [1.29, 1.82) is 0 Å². The van der Waals surface area contributed by atoms with Crippen LogP contribution in [0, 0.1) is 10.1 Å². The molecule has 2 rings (SSSR count). The number of nitro groups is 1. The van der Waals surface area contributed by atoms with E-state index < -0.39 is 10.9 Å². The summed E-state index contributed by atoms with van der Waals surface area (Å²) in [6.07, 6.45) is 6.91. The molecule has 1 aromatic rings. The van der Waals surface area contributed by atoms with Crippen molar-refractivity contribution in [2.75, 3.05) is 5.32 Å². The zero-order valence-corrected chi connectivity index (χ0v) is 11.2. The van der Waals surface area contributed by atoms with Crippen LogP contribution in [0.4, 0.5) is 11.4 Å². The monoisotopic (exact) mass is 278 g/mol. The molecule has 6 heteroatoms. The van der Waals surface area contributed by atoms with Crippen molar-refractivity contribution in [1.82, 2.24) is 0 Å². The van der Waals surface area contributed by atoms with E-state index >= 15 is 0 Å². The molecule has 1 saturated carbocycles. The molecule has 0 bridgehead atoms. The Balaban J connectivity index is 2.18. The second-order valence-electron chi connectivity index (χ2n) is 5.13. The summed E-state index contributed by atoms with van der Waals surface area (Å²) in [6, 6.07) is 4.50. The van der Waals surface area contributed by atoms with Crippen LogP contribution in [0.2, 0.25) is 0 Å². The van der Waals surface area contributed by atoms with Crippen molar-refractivity contribution in [3.8, 4) is 0 Å². The second kappa shape index (κ2) is 6.36. The van der Waals surface area contributed by atoms with Crippen LogP contribution in [0.3, 0.4) is 0 Å². The molecule has 0 radical (unpaired) electrons. The molecule has 6 nitrogen and oxygen atoms in total. The average Bonchev–Trinajstić information content (AvgIpc) is 2.67. The summed E-state index contributed by atoms with van der Waals surface area (Å²) in [5.41, 5.74) is -0.00237. The van der Waals surface area contributed by atoms with E-state index in [1.54, 1.807) is 6.07 Å². The first-order valence-corrected chi connectivity index (χ1v) is 6.86. The van der Waals surface area contributed by atoms with Gasteiger partial charge in [-0.3, -0.25) is 10.1 Å². The lowest BCUT2D eigenvalue weighted by atomic mass is 10.1. The molecule has 1 aromatic carbocycles. The zero-order valence-electron chi connectivity index (χ0n) is 11.2. The van der Waals surface area contributed by atoms with Gasteiger partial charge in [-0.15, -0.1) is 0 Å². The first-order valence-electron chi connectivity index (χ1n) is 6.86. The van der Waals surface area contributed by atoms with Gasteiger partial charge in [0, 0.05) is 17.8 Å². The van der Waals surface area contributed by atoms with E-state index in [4.69, 9.17) is 5.11 Å². The Labute approximate surface area is 117 Å². The quantitative estimate of drug-likeness (QED) is 0.500. The predicted octanol–water partition coefficient (Wildman–Crippen LogP) is 3.43. The number of carbonyl (C=O) groups is 1. The van der Waals surface area contributed by atoms with Crippen LogP contribution in [-0.4, -0.2) is 22.0 Å². The Morgan fingerprint density at radius 2 is 1.90 bits per heavy atom. The Morgan fingerprint density at radius 3 is 2.45 bits per heavy atom. The molecule has 0 atom stereocenters. The van der Waals surface area contributed by atoms with Crippen molar-refractivity contribution < 1.29 is 14.8 Å². The number of nitrogens with zero attached hydrogens (tertiary/aromatic N) is 1. The second-order valence-corrected chi connectivity index (χ2v) is 5.13. The minimum atomic E-state index is -1.28. The fourth-order valence-electron chi connectivity index (χ4n) is 2.62. The van der Waals surface area contributed by atoms with E-state index in [0.29, 0.717) is 11.7 Å². The molecule has 0 heterocycles. The fraction of sp³-hybridized carbons (Fsp3) is 0.500. The number of aromatic carboxylic acids is 1. The van der Waals surface area contributed by atoms with Crippen LogP contribution < -0.4 is 5.32 Å². The van der Waals surface area contributed by atoms with Crippen LogP contribution in [0.5, 0.6) is 0 Å². The third-order valence-electron chi connectivity index (χ3n) is 3.65. The minimum absolute atomic E-state index is 0.270. The molecule has 0 saturated heterocycles. The maximum absolute atomic E-state index is 11.1. The summed E-state index contributed by atoms with van der Waals surface area (Å²) >= 11 is 0. The van der Waals surface area contributed by atoms with E-state index in [1.807, 2.05) is 0 Å². The Kier molecular flexibility index (Phi) is 4.55. The summed E-state index contributed by atoms with van der Waals surface area (Å²) in [7, 11) is 0. The Bertz CT molecular complexity index is 508. The molecule has 0 spiro atoms. The lowest BCUT2D eigenvalue weighted by Crippen LogP contribution is -2.18. The van der Waals surface area contributed by atoms with Gasteiger partial charge in [-0.25, -0.2) is 4.79 Å². The van der Waals surface area contributed by atoms with Crippen LogP contribution >= 0.6 is 0 Å². The van der Waals surface area contributed by atoms with E-state index in [1.165, 1.54) is 25.0 Å². The number of anilines is 1. The maximum Gasteiger partial charge on any atom is 0.342 e. The number of hydrogen-bond acceptors (Lipinski definition) is 4. The third-order valence-corrected chi connectivity index (χ3v) is 3.65. The lowest BCUT2D eigenvalue weighted by Gasteiger charge is -2.17. The van der Waals surface area contributed by atoms with Crippen LogP contribution in [0.15, 0.2) is 18.2 Å². The summed E-state index contributed by atoms with van der Waals surface area (Å²) < 4.78 is 0. The Hall–Kier alpha value is -2.11. The van der Waals surface area contributed by atoms with Crippen molar-refractivity contribution in [3.63, 3.8) is 0 Å². The molecule has 108 valence electrons. The van der Waals surface area contributed by atoms with Gasteiger partial charge < -0.3 is 10.4 Å². The van der Waals surface area contributed by atoms with E-state index in [9.17, 15) is 14.9 Å². The topological polar surface area (TPSA) is 92.5 Å². The highest BCUT2D eigenvalue weighted by atomic mass is 16.6. The van der Waals surface area contributed by atoms with Crippen molar-refractivity contribution in [2.24, 2.45) is 0 Å². The number of hydrogen-bond donors (Lipinski definition) is 2. The smallest absolute Gasteiger partial charge is 0.342 e. The lowest BCUT2D eigenvalue weighted by molar-refractivity contribution is -0.385. The first kappa shape index (κ1) is 14.3. The molecule has 0 aliphatic heterocycles. The minimum Gasteiger partial charge on any atom is -0.477 e. The molecular weight excluding hydrogens is 260 g/mol. The number of carboxylic acid groups (broad SMARTS) is 1.